The second kappa shape index (κ2) is 8.35. The monoisotopic (exact) mass is 513 g/mol. The zero-order valence-corrected chi connectivity index (χ0v) is 20.1. The number of thiazole rings is 1. The summed E-state index contributed by atoms with van der Waals surface area (Å²) in [6.07, 6.45) is 6.55. The van der Waals surface area contributed by atoms with E-state index in [0.717, 1.165) is 36.2 Å². The molecule has 3 fully saturated rings. The summed E-state index contributed by atoms with van der Waals surface area (Å²) in [5.41, 5.74) is -1.39. The Morgan fingerprint density at radius 2 is 2.17 bits per heavy atom. The predicted molar refractivity (Wildman–Crippen MR) is 127 cm³/mol. The van der Waals surface area contributed by atoms with Gasteiger partial charge in [-0.1, -0.05) is 5.21 Å². The van der Waals surface area contributed by atoms with Crippen LogP contribution in [-0.2, 0) is 16.0 Å². The highest BCUT2D eigenvalue weighted by Gasteiger charge is 2.72. The molecule has 0 spiro atoms. The molecule has 16 heteroatoms. The van der Waals surface area contributed by atoms with Crippen molar-refractivity contribution in [2.45, 2.75) is 22.9 Å². The summed E-state index contributed by atoms with van der Waals surface area (Å²) in [6.45, 7) is 3.11. The van der Waals surface area contributed by atoms with Crippen molar-refractivity contribution in [2.75, 3.05) is 37.0 Å². The van der Waals surface area contributed by atoms with Crippen LogP contribution in [0.5, 0.6) is 0 Å². The van der Waals surface area contributed by atoms with Gasteiger partial charge in [-0.3, -0.25) is 14.9 Å². The van der Waals surface area contributed by atoms with Crippen LogP contribution in [0.4, 0.5) is 5.13 Å². The summed E-state index contributed by atoms with van der Waals surface area (Å²) in [7, 11) is 0. The number of hydrogen-bond donors (Lipinski definition) is 5. The van der Waals surface area contributed by atoms with E-state index in [-0.39, 0.29) is 5.37 Å². The Bertz CT molecular complexity index is 1190. The van der Waals surface area contributed by atoms with E-state index in [9.17, 15) is 0 Å². The maximum absolute atomic E-state index is 7.29. The molecule has 35 heavy (non-hydrogen) atoms. The molecule has 4 aromatic rings. The van der Waals surface area contributed by atoms with E-state index < -0.39 is 17.5 Å². The van der Waals surface area contributed by atoms with E-state index in [1.54, 1.807) is 30.4 Å². The van der Waals surface area contributed by atoms with Gasteiger partial charge < -0.3 is 20.4 Å². The van der Waals surface area contributed by atoms with E-state index in [0.29, 0.717) is 18.3 Å². The Morgan fingerprint density at radius 1 is 1.17 bits per heavy atom. The van der Waals surface area contributed by atoms with Gasteiger partial charge in [0.15, 0.2) is 22.7 Å². The maximum atomic E-state index is 7.29. The molecule has 0 aliphatic carbocycles. The number of aromatic nitrogens is 9. The van der Waals surface area contributed by atoms with Crippen LogP contribution in [0.1, 0.15) is 17.3 Å². The lowest BCUT2D eigenvalue weighted by Gasteiger charge is -2.44. The minimum atomic E-state index is -1.08. The number of tetrazole rings is 1. The van der Waals surface area contributed by atoms with E-state index in [1.165, 1.54) is 11.3 Å². The molecule has 0 bridgehead atoms. The van der Waals surface area contributed by atoms with Gasteiger partial charge >= 0.3 is 0 Å². The highest BCUT2D eigenvalue weighted by Crippen LogP contribution is 2.58. The number of imidazole rings is 1. The zero-order valence-electron chi connectivity index (χ0n) is 18.5. The summed E-state index contributed by atoms with van der Waals surface area (Å²) < 4.78 is 7.29. The number of H-pyrrole nitrogens is 3. The SMILES string of the molecule is c1cc(C2(c3nn[nH]n3)C(N3CCNC3)OC(c3ncc[nH]3)(C3NCCS3)N2c2nccs2)[nH]n1. The van der Waals surface area contributed by atoms with Crippen molar-refractivity contribution in [3.05, 3.63) is 53.6 Å². The number of nitrogens with one attached hydrogen (secondary N) is 5. The van der Waals surface area contributed by atoms with E-state index >= 15 is 0 Å². The average Bonchev–Trinajstić information content (AvgIpc) is 3.71. The number of hydrogen-bond acceptors (Lipinski definition) is 13. The maximum Gasteiger partial charge on any atom is 0.230 e. The van der Waals surface area contributed by atoms with Crippen LogP contribution >= 0.6 is 23.1 Å². The van der Waals surface area contributed by atoms with Crippen LogP contribution in [-0.4, -0.2) is 94.3 Å². The topological polar surface area (TPSA) is 164 Å². The Labute approximate surface area is 207 Å². The van der Waals surface area contributed by atoms with E-state index in [4.69, 9.17) is 14.7 Å². The molecule has 0 radical (unpaired) electrons. The fourth-order valence-electron chi connectivity index (χ4n) is 5.34. The number of ether oxygens (including phenoxy) is 1. The van der Waals surface area contributed by atoms with Gasteiger partial charge in [-0.25, -0.2) is 9.97 Å². The van der Waals surface area contributed by atoms with Crippen LogP contribution in [0.15, 0.2) is 36.2 Å². The van der Waals surface area contributed by atoms with Gasteiger partial charge in [-0.2, -0.15) is 10.3 Å². The zero-order chi connectivity index (χ0) is 23.3. The summed E-state index contributed by atoms with van der Waals surface area (Å²) in [4.78, 5) is 17.3. The normalized spacial score (nSPS) is 31.6. The third-order valence-corrected chi connectivity index (χ3v) is 8.69. The summed E-state index contributed by atoms with van der Waals surface area (Å²) >= 11 is 3.31. The molecule has 5 N–H and O–H groups in total. The average molecular weight is 514 g/mol. The van der Waals surface area contributed by atoms with Crippen molar-refractivity contribution < 1.29 is 4.74 Å². The lowest BCUT2D eigenvalue weighted by molar-refractivity contribution is -0.121. The second-order valence-corrected chi connectivity index (χ2v) is 10.5. The van der Waals surface area contributed by atoms with Crippen molar-refractivity contribution in [2.24, 2.45) is 0 Å². The molecule has 4 unspecified atom stereocenters. The highest BCUT2D eigenvalue weighted by molar-refractivity contribution is 8.00. The Morgan fingerprint density at radius 3 is 2.83 bits per heavy atom. The van der Waals surface area contributed by atoms with Gasteiger partial charge in [0.1, 0.15) is 5.37 Å². The highest BCUT2D eigenvalue weighted by atomic mass is 32.2. The molecule has 7 heterocycles. The molecule has 3 aliphatic rings. The summed E-state index contributed by atoms with van der Waals surface area (Å²) in [5, 5.41) is 32.8. The second-order valence-electron chi connectivity index (χ2n) is 8.40. The van der Waals surface area contributed by atoms with Crippen molar-refractivity contribution in [1.82, 2.24) is 61.3 Å². The first kappa shape index (κ1) is 21.4. The minimum absolute atomic E-state index is 0.160. The fourth-order valence-corrected chi connectivity index (χ4v) is 7.30. The Kier molecular flexibility index (Phi) is 5.11. The molecule has 4 aromatic heterocycles. The molecule has 7 rings (SSSR count). The number of anilines is 1. The van der Waals surface area contributed by atoms with Gasteiger partial charge in [0.2, 0.25) is 11.5 Å². The van der Waals surface area contributed by atoms with Crippen LogP contribution in [0.25, 0.3) is 0 Å². The molecule has 4 atom stereocenters. The quantitative estimate of drug-likeness (QED) is 0.227. The molecular weight excluding hydrogens is 490 g/mol. The molecule has 14 nitrogen and oxygen atoms in total. The lowest BCUT2D eigenvalue weighted by atomic mass is 9.88. The third kappa shape index (κ3) is 2.98. The molecule has 3 aliphatic heterocycles. The number of aromatic amines is 3. The van der Waals surface area contributed by atoms with E-state index in [2.05, 4.69) is 56.2 Å². The van der Waals surface area contributed by atoms with Gasteiger partial charge in [0.05, 0.1) is 12.4 Å². The molecular formula is C19H23N13OS2. The molecule has 0 saturated carbocycles. The number of thioether (sulfide) groups is 1. The molecule has 182 valence electrons. The molecule has 0 aromatic carbocycles. The van der Waals surface area contributed by atoms with Crippen molar-refractivity contribution >= 4 is 28.2 Å². The van der Waals surface area contributed by atoms with E-state index in [1.807, 2.05) is 17.6 Å². The van der Waals surface area contributed by atoms with Gasteiger partial charge in [0.25, 0.3) is 0 Å². The Hall–Kier alpha value is -2.89. The fraction of sp³-hybridized carbons (Fsp3) is 0.474. The van der Waals surface area contributed by atoms with Crippen LogP contribution in [0, 0.1) is 0 Å². The smallest absolute Gasteiger partial charge is 0.230 e. The van der Waals surface area contributed by atoms with Crippen LogP contribution in [0.2, 0.25) is 0 Å². The predicted octanol–water partition coefficient (Wildman–Crippen LogP) is -0.413. The van der Waals surface area contributed by atoms with Crippen molar-refractivity contribution in [1.29, 1.82) is 0 Å². The van der Waals surface area contributed by atoms with Crippen molar-refractivity contribution in [3.63, 3.8) is 0 Å². The first-order valence-electron chi connectivity index (χ1n) is 11.3. The van der Waals surface area contributed by atoms with Gasteiger partial charge in [0, 0.05) is 55.6 Å². The largest absolute Gasteiger partial charge is 0.344 e. The summed E-state index contributed by atoms with van der Waals surface area (Å²) in [5.74, 6) is 2.06. The lowest BCUT2D eigenvalue weighted by Crippen LogP contribution is -2.61. The van der Waals surface area contributed by atoms with Gasteiger partial charge in [-0.15, -0.1) is 33.3 Å². The molecule has 0 amide bonds. The van der Waals surface area contributed by atoms with Crippen LogP contribution in [0.3, 0.4) is 0 Å². The summed E-state index contributed by atoms with van der Waals surface area (Å²) in [6, 6.07) is 1.93. The standard InChI is InChI=1S/C19H23N13OS2/c1-2-25-26-12(1)18(13-27-29-30-28-13)16(31-8-5-20-11-31)33-19(14-21-3-4-22-14,15-23-6-9-34-15)32(18)17-24-7-10-35-17/h1-4,7,10,15-16,20,23H,5-6,8-9,11H2,(H,21,22)(H,25,26)(H,27,28,29,30). The van der Waals surface area contributed by atoms with Gasteiger partial charge in [-0.05, 0) is 6.07 Å². The first-order valence-corrected chi connectivity index (χ1v) is 13.2. The number of nitrogens with zero attached hydrogens (tertiary/aromatic N) is 8. The third-order valence-electron chi connectivity index (χ3n) is 6.67. The first-order chi connectivity index (χ1) is 17.3. The minimum Gasteiger partial charge on any atom is -0.344 e. The molecule has 3 saturated heterocycles. The van der Waals surface area contributed by atoms with Crippen LogP contribution < -0.4 is 15.5 Å². The number of rotatable bonds is 6. The Balaban J connectivity index is 1.58. The van der Waals surface area contributed by atoms with Crippen molar-refractivity contribution in [3.8, 4) is 0 Å².